The summed E-state index contributed by atoms with van der Waals surface area (Å²) in [5, 5.41) is 26.6. The lowest BCUT2D eigenvalue weighted by atomic mass is 9.98. The van der Waals surface area contributed by atoms with Gasteiger partial charge in [0, 0.05) is 19.4 Å². The first kappa shape index (κ1) is 66.5. The number of carbonyl (C=O) groups is 15. The van der Waals surface area contributed by atoms with Gasteiger partial charge in [0.25, 0.3) is 29.5 Å². The Balaban J connectivity index is 7.54. The van der Waals surface area contributed by atoms with Gasteiger partial charge in [-0.3, -0.25) is 68.2 Å². The molecule has 0 aromatic heterocycles. The van der Waals surface area contributed by atoms with Crippen molar-refractivity contribution in [3.05, 3.63) is 25.3 Å². The third-order valence-electron chi connectivity index (χ3n) is 10.2. The molecule has 0 spiro atoms. The molecule has 1 unspecified atom stereocenters. The summed E-state index contributed by atoms with van der Waals surface area (Å²) in [7, 11) is 0.829. The minimum atomic E-state index is -2.57. The average Bonchev–Trinajstić information content (AvgIpc) is 3.34. The highest BCUT2D eigenvalue weighted by Crippen LogP contribution is 2.10. The molecule has 412 valence electrons. The Morgan fingerprint density at radius 1 is 0.568 bits per heavy atom. The van der Waals surface area contributed by atoms with Gasteiger partial charge in [-0.2, -0.15) is 0 Å². The molecule has 13 atom stereocenters. The molecule has 17 N–H and O–H groups in total. The van der Waals surface area contributed by atoms with E-state index in [2.05, 4.69) is 44.5 Å². The maximum Gasteiger partial charge on any atom is 0.336 e. The van der Waals surface area contributed by atoms with Crippen LogP contribution in [0.3, 0.4) is 0 Å². The third-order valence-corrected chi connectivity index (χ3v) is 10.2. The van der Waals surface area contributed by atoms with E-state index in [4.69, 9.17) is 28.0 Å². The lowest BCUT2D eigenvalue weighted by Gasteiger charge is -2.35. The van der Waals surface area contributed by atoms with Gasteiger partial charge in [-0.15, -0.1) is 13.2 Å². The standard InChI is InChI=1S/C44H69N13O17/c1-10-12-13-26(60)51-24(8)38(67)56-37(50-20(4)18-59)43(72)57(16-11-2)31(34(65)23(7)47)41(70)55-36(49-19(3)17-58)42(71)53-28(32(63)21(5)45)39(68)52-29(35(66)25(48)14-15-27(61)62)40(69)54-30(44(73)74-9)33(64)22(6)46/h10-11,17-25,28-31,36-37,49-50H,1-2,12-16,45-48H2,3-9H3,(H,51,60)(H,52,68)(H,53,71)(H,54,69)(H,55,70)(H,56,67)(H,61,62)/t19-,20-,21-,22-,23-,24-,25-,28-,29?,30-,31-,36-,37+/m0/s1. The molecule has 0 fully saturated rings. The summed E-state index contributed by atoms with van der Waals surface area (Å²) in [4.78, 5) is 198. The molecule has 7 amide bonds. The molecule has 0 saturated carbocycles. The second-order valence-electron chi connectivity index (χ2n) is 16.7. The van der Waals surface area contributed by atoms with Crippen LogP contribution in [0.2, 0.25) is 0 Å². The van der Waals surface area contributed by atoms with Crippen molar-refractivity contribution in [2.45, 2.75) is 146 Å². The Kier molecular flexibility index (Phi) is 29.2. The van der Waals surface area contributed by atoms with Crippen molar-refractivity contribution in [1.29, 1.82) is 0 Å². The van der Waals surface area contributed by atoms with Crippen LogP contribution < -0.4 is 65.5 Å². The van der Waals surface area contributed by atoms with E-state index in [0.717, 1.165) is 40.9 Å². The number of nitrogens with one attached hydrogen (secondary N) is 8. The lowest BCUT2D eigenvalue weighted by Crippen LogP contribution is -2.68. The number of aliphatic carboxylic acids is 1. The van der Waals surface area contributed by atoms with Crippen LogP contribution in [0, 0.1) is 0 Å². The summed E-state index contributed by atoms with van der Waals surface area (Å²) >= 11 is 0. The fourth-order valence-electron chi connectivity index (χ4n) is 6.10. The van der Waals surface area contributed by atoms with Crippen molar-refractivity contribution in [3.8, 4) is 0 Å². The van der Waals surface area contributed by atoms with E-state index in [0.29, 0.717) is 11.2 Å². The van der Waals surface area contributed by atoms with Crippen LogP contribution in [-0.4, -0.2) is 191 Å². The number of hydrogen-bond acceptors (Lipinski definition) is 22. The number of nitrogens with two attached hydrogens (primary N) is 4. The number of carboxylic acid groups (broad SMARTS) is 1. The van der Waals surface area contributed by atoms with E-state index in [9.17, 15) is 71.9 Å². The molecule has 0 aromatic carbocycles. The smallest absolute Gasteiger partial charge is 0.336 e. The number of esters is 1. The van der Waals surface area contributed by atoms with Gasteiger partial charge in [0.1, 0.15) is 18.6 Å². The van der Waals surface area contributed by atoms with Crippen molar-refractivity contribution in [2.24, 2.45) is 22.9 Å². The van der Waals surface area contributed by atoms with Crippen LogP contribution in [0.25, 0.3) is 0 Å². The first-order chi connectivity index (χ1) is 34.4. The van der Waals surface area contributed by atoms with Crippen molar-refractivity contribution in [1.82, 2.24) is 47.4 Å². The molecule has 0 saturated heterocycles. The fraction of sp³-hybridized carbons (Fsp3) is 0.568. The van der Waals surface area contributed by atoms with E-state index in [1.165, 1.54) is 19.9 Å². The number of aldehydes is 2. The van der Waals surface area contributed by atoms with Crippen LogP contribution in [0.5, 0.6) is 0 Å². The number of allylic oxidation sites excluding steroid dienone is 1. The van der Waals surface area contributed by atoms with E-state index >= 15 is 0 Å². The molecule has 0 rings (SSSR count). The summed E-state index contributed by atoms with van der Waals surface area (Å²) in [6.07, 6.45) is -2.31. The number of amides is 7. The number of ether oxygens (including phenoxy) is 1. The highest BCUT2D eigenvalue weighted by Gasteiger charge is 2.44. The Morgan fingerprint density at radius 3 is 1.49 bits per heavy atom. The number of methoxy groups -OCH3 is 1. The van der Waals surface area contributed by atoms with Gasteiger partial charge in [0.05, 0.1) is 43.4 Å². The predicted molar refractivity (Wildman–Crippen MR) is 258 cm³/mol. The normalized spacial score (nSPS) is 16.1. The minimum absolute atomic E-state index is 0.0461. The van der Waals surface area contributed by atoms with Gasteiger partial charge in [0.2, 0.25) is 11.8 Å². The second kappa shape index (κ2) is 32.5. The largest absolute Gasteiger partial charge is 0.481 e. The summed E-state index contributed by atoms with van der Waals surface area (Å²) < 4.78 is 4.54. The number of ketones is 4. The van der Waals surface area contributed by atoms with Gasteiger partial charge in [-0.05, 0) is 54.4 Å². The molecule has 74 heavy (non-hydrogen) atoms. The van der Waals surface area contributed by atoms with Gasteiger partial charge in [-0.25, -0.2) is 4.79 Å². The maximum atomic E-state index is 14.4. The monoisotopic (exact) mass is 1050 g/mol. The Morgan fingerprint density at radius 2 is 1.03 bits per heavy atom. The van der Waals surface area contributed by atoms with Crippen molar-refractivity contribution in [3.63, 3.8) is 0 Å². The molecular weight excluding hydrogens is 983 g/mol. The van der Waals surface area contributed by atoms with Crippen LogP contribution in [0.1, 0.15) is 67.2 Å². The SMILES string of the molecule is C=CCCC(=O)N[C@@H](C)C(=O)N[C@@H](N[C@@H](C)C=O)C(=O)N(CC=C)[C@H](C(=O)N[C@H](N[C@@H](C)C=O)C(=O)N[C@H](C(=O)NC(C(=O)N[C@H](C(=O)OC)C(=O)[C@H](C)N)C(=O)[C@@H](N)CCC(=O)O)C(=O)[C@H](C)N)C(=O)[C@H](C)N. The topological polar surface area (TPSA) is 489 Å². The summed E-state index contributed by atoms with van der Waals surface area (Å²) in [6, 6.07) is -20.0. The van der Waals surface area contributed by atoms with Crippen LogP contribution >= 0.6 is 0 Å². The first-order valence-corrected chi connectivity index (χ1v) is 22.7. The molecule has 0 radical (unpaired) electrons. The van der Waals surface area contributed by atoms with Crippen LogP contribution in [0.4, 0.5) is 0 Å². The lowest BCUT2D eigenvalue weighted by molar-refractivity contribution is -0.150. The summed E-state index contributed by atoms with van der Waals surface area (Å²) in [5.74, 6) is -17.3. The summed E-state index contributed by atoms with van der Waals surface area (Å²) in [6.45, 7) is 13.4. The zero-order valence-electron chi connectivity index (χ0n) is 42.0. The Hall–Kier alpha value is -7.51. The van der Waals surface area contributed by atoms with Crippen LogP contribution in [0.15, 0.2) is 25.3 Å². The number of carbonyl (C=O) groups excluding carboxylic acids is 14. The van der Waals surface area contributed by atoms with Gasteiger partial charge < -0.3 is 79.2 Å². The van der Waals surface area contributed by atoms with Crippen molar-refractivity contribution in [2.75, 3.05) is 13.7 Å². The minimum Gasteiger partial charge on any atom is -0.481 e. The number of nitrogens with zero attached hydrogens (tertiary/aromatic N) is 1. The van der Waals surface area contributed by atoms with Crippen molar-refractivity contribution >= 4 is 89.0 Å². The Bertz CT molecular complexity index is 2140. The van der Waals surface area contributed by atoms with E-state index < -0.39 is 175 Å². The molecule has 0 aliphatic heterocycles. The predicted octanol–water partition coefficient (Wildman–Crippen LogP) is -7.78. The van der Waals surface area contributed by atoms with E-state index in [1.54, 1.807) is 0 Å². The number of carboxylic acids is 1. The molecule has 30 nitrogen and oxygen atoms in total. The fourth-order valence-corrected chi connectivity index (χ4v) is 6.10. The molecule has 0 aliphatic rings. The molecule has 0 heterocycles. The second-order valence-corrected chi connectivity index (χ2v) is 16.7. The number of Topliss-reactive ketones (excluding diaryl/α,β-unsaturated/α-hetero) is 4. The summed E-state index contributed by atoms with van der Waals surface area (Å²) in [5.41, 5.74) is 23.2. The first-order valence-electron chi connectivity index (χ1n) is 22.7. The molecular formula is C44H69N13O17. The molecule has 30 heteroatoms. The van der Waals surface area contributed by atoms with Gasteiger partial charge >= 0.3 is 11.9 Å². The van der Waals surface area contributed by atoms with Crippen molar-refractivity contribution < 1.29 is 81.8 Å². The highest BCUT2D eigenvalue weighted by molar-refractivity contribution is 6.17. The molecule has 0 aromatic rings. The average molecular weight is 1050 g/mol. The maximum absolute atomic E-state index is 14.4. The van der Waals surface area contributed by atoms with Gasteiger partial charge in [0.15, 0.2) is 59.6 Å². The van der Waals surface area contributed by atoms with Gasteiger partial charge in [-0.1, -0.05) is 12.2 Å². The quantitative estimate of drug-likeness (QED) is 0.00911. The zero-order valence-corrected chi connectivity index (χ0v) is 42.0. The molecule has 0 bridgehead atoms. The Labute approximate surface area is 425 Å². The number of rotatable bonds is 36. The zero-order chi connectivity index (χ0) is 57.3. The highest BCUT2D eigenvalue weighted by atomic mass is 16.5. The van der Waals surface area contributed by atoms with E-state index in [1.807, 2.05) is 16.0 Å². The molecule has 0 aliphatic carbocycles. The van der Waals surface area contributed by atoms with Crippen LogP contribution in [-0.2, 0) is 76.7 Å². The third kappa shape index (κ3) is 21.3. The van der Waals surface area contributed by atoms with E-state index in [-0.39, 0.29) is 19.1 Å². The number of hydrogen-bond donors (Lipinski definition) is 13.